The summed E-state index contributed by atoms with van der Waals surface area (Å²) in [7, 11) is 2.10. The van der Waals surface area contributed by atoms with Gasteiger partial charge in [-0.15, -0.1) is 0 Å². The van der Waals surface area contributed by atoms with Crippen molar-refractivity contribution in [3.05, 3.63) is 89.7 Å². The first-order valence-electron chi connectivity index (χ1n) is 30.3. The SMILES string of the molecule is C1CCCC1.C1CCCC1.C1CCCC1.C1CCCC1.CC(C)C1CCCC1Br.CC(C)C1CCCC1[P+](=O)C(C)(C)C.CC(C)C1CCCC1[P+](=O)c1ccccc1.C[C@H](C1CCCC1Br)N(C)C.[CH3-].[CH3-].[CH3-].[CH3-].[CH3-].[CH3-].[CH3-].[CH3-].[Fe+2].[Fe+2].[Fe+2].[Fe+2]. The molecule has 1 aromatic carbocycles. The Bertz CT molecular complexity index is 1390. The van der Waals surface area contributed by atoms with Crippen molar-refractivity contribution in [1.29, 1.82) is 0 Å². The Balaban J connectivity index is -0.0000000790. The summed E-state index contributed by atoms with van der Waals surface area (Å²) in [6, 6.07) is 10.7. The molecule has 9 rings (SSSR count). The zero-order chi connectivity index (χ0) is 51.9. The van der Waals surface area contributed by atoms with E-state index in [1.54, 1.807) is 0 Å². The van der Waals surface area contributed by atoms with Gasteiger partial charge in [-0.05, 0) is 148 Å². The van der Waals surface area contributed by atoms with Crippen LogP contribution in [0.15, 0.2) is 30.3 Å². The number of nitrogens with zero attached hydrogens (tertiary/aromatic N) is 1. The van der Waals surface area contributed by atoms with Crippen molar-refractivity contribution in [2.75, 3.05) is 14.1 Å². The van der Waals surface area contributed by atoms with Crippen molar-refractivity contribution >= 4 is 52.8 Å². The summed E-state index contributed by atoms with van der Waals surface area (Å²) in [5.74, 6) is 5.41. The summed E-state index contributed by atoms with van der Waals surface area (Å²) >= 11 is 7.45. The van der Waals surface area contributed by atoms with E-state index in [2.05, 4.69) is 120 Å². The molecule has 0 spiro atoms. The number of halogens is 2. The van der Waals surface area contributed by atoms with E-state index in [9.17, 15) is 9.13 Å². The molecule has 8 aliphatic carbocycles. The largest absolute Gasteiger partial charge is 2.00 e. The number of benzene rings is 1. The van der Waals surface area contributed by atoms with Gasteiger partial charge in [0.15, 0.2) is 21.8 Å². The molecule has 8 saturated carbocycles. The van der Waals surface area contributed by atoms with E-state index in [1.807, 2.05) is 30.3 Å². The van der Waals surface area contributed by atoms with Gasteiger partial charge in [-0.1, -0.05) is 242 Å². The molecule has 0 aliphatic heterocycles. The van der Waals surface area contributed by atoms with Gasteiger partial charge in [-0.3, -0.25) is 0 Å². The molecule has 10 unspecified atom stereocenters. The Hall–Kier alpha value is 2.42. The van der Waals surface area contributed by atoms with Crippen LogP contribution in [0.25, 0.3) is 0 Å². The second-order valence-corrected chi connectivity index (χ2v) is 32.1. The average Bonchev–Trinajstić information content (AvgIpc) is 4.20. The fraction of sp³-hybridized carbons (Fsp3) is 0.803. The minimum Gasteiger partial charge on any atom is -0.358 e. The van der Waals surface area contributed by atoms with Crippen molar-refractivity contribution < 1.29 is 77.4 Å². The molecule has 82 heavy (non-hydrogen) atoms. The summed E-state index contributed by atoms with van der Waals surface area (Å²) < 4.78 is 24.8. The first-order chi connectivity index (χ1) is 33.4. The minimum atomic E-state index is -1.20. The van der Waals surface area contributed by atoms with E-state index >= 15 is 0 Å². The van der Waals surface area contributed by atoms with Crippen molar-refractivity contribution in [3.8, 4) is 0 Å². The molecule has 3 nitrogen and oxygen atoms in total. The van der Waals surface area contributed by atoms with Crippen LogP contribution in [0.4, 0.5) is 0 Å². The van der Waals surface area contributed by atoms with Crippen molar-refractivity contribution in [3.63, 3.8) is 0 Å². The Morgan fingerprint density at radius 2 is 0.646 bits per heavy atom. The monoisotopic (exact) mass is 1480 g/mol. The van der Waals surface area contributed by atoms with Crippen LogP contribution < -0.4 is 5.30 Å². The Morgan fingerprint density at radius 3 is 0.890 bits per heavy atom. The quantitative estimate of drug-likeness (QED) is 0.113. The van der Waals surface area contributed by atoms with Gasteiger partial charge in [0, 0.05) is 27.5 Å². The maximum atomic E-state index is 12.5. The minimum absolute atomic E-state index is 0. The molecular weight excluding hydrogens is 1340 g/mol. The number of rotatable bonds is 8. The van der Waals surface area contributed by atoms with Crippen LogP contribution in [-0.4, -0.2) is 51.2 Å². The van der Waals surface area contributed by atoms with Crippen LogP contribution in [0.2, 0.25) is 0 Å². The van der Waals surface area contributed by atoms with E-state index in [-0.39, 0.29) is 133 Å². The van der Waals surface area contributed by atoms with E-state index in [0.29, 0.717) is 35.0 Å². The summed E-state index contributed by atoms with van der Waals surface area (Å²) in [4.78, 5) is 3.90. The molecule has 0 radical (unpaired) electrons. The fourth-order valence-electron chi connectivity index (χ4n) is 12.4. The first-order valence-corrected chi connectivity index (χ1v) is 34.8. The second-order valence-electron chi connectivity index (χ2n) is 25.2. The van der Waals surface area contributed by atoms with Gasteiger partial charge in [-0.25, -0.2) is 0 Å². The second kappa shape index (κ2) is 64.9. The number of alkyl halides is 2. The van der Waals surface area contributed by atoms with Gasteiger partial charge < -0.3 is 64.3 Å². The Labute approximate surface area is 581 Å². The van der Waals surface area contributed by atoms with Crippen LogP contribution in [0, 0.1) is 101 Å². The molecule has 0 aromatic heterocycles. The van der Waals surface area contributed by atoms with Gasteiger partial charge in [-0.2, -0.15) is 0 Å². The fourth-order valence-corrected chi connectivity index (χ4v) is 19.0. The normalized spacial score (nSPS) is 24.6. The smallest absolute Gasteiger partial charge is 0.358 e. The van der Waals surface area contributed by atoms with Crippen LogP contribution >= 0.6 is 47.5 Å². The number of hydrogen-bond donors (Lipinski definition) is 0. The van der Waals surface area contributed by atoms with Gasteiger partial charge in [0.25, 0.3) is 0 Å². The van der Waals surface area contributed by atoms with Crippen LogP contribution in [0.5, 0.6) is 0 Å². The number of hydrogen-bond acceptors (Lipinski definition) is 3. The molecule has 8 fully saturated rings. The summed E-state index contributed by atoms with van der Waals surface area (Å²) in [5, 5.41) is 1.03. The molecule has 11 heteroatoms. The predicted octanol–water partition coefficient (Wildman–Crippen LogP) is 25.5. The molecule has 496 valence electrons. The molecule has 0 amide bonds. The first kappa shape index (κ1) is 109. The van der Waals surface area contributed by atoms with Gasteiger partial charge in [0.1, 0.15) is 0 Å². The topological polar surface area (TPSA) is 37.4 Å². The van der Waals surface area contributed by atoms with Gasteiger partial charge >= 0.3 is 83.9 Å². The summed E-state index contributed by atoms with van der Waals surface area (Å²) in [6.07, 6.45) is 45.8. The van der Waals surface area contributed by atoms with E-state index in [0.717, 1.165) is 45.2 Å². The maximum Gasteiger partial charge on any atom is 2.00 e. The van der Waals surface area contributed by atoms with Crippen molar-refractivity contribution in [1.82, 2.24) is 4.90 Å². The zero-order valence-corrected chi connectivity index (χ0v) is 67.1. The Morgan fingerprint density at radius 1 is 0.390 bits per heavy atom. The summed E-state index contributed by atoms with van der Waals surface area (Å²) in [5.41, 5.74) is 0.905. The van der Waals surface area contributed by atoms with Crippen LogP contribution in [0.3, 0.4) is 0 Å². The van der Waals surface area contributed by atoms with E-state index in [4.69, 9.17) is 0 Å². The molecule has 0 heterocycles. The molecule has 0 saturated heterocycles. The molecule has 11 atom stereocenters. The third-order valence-corrected chi connectivity index (χ3v) is 24.2. The summed E-state index contributed by atoms with van der Waals surface area (Å²) in [6.45, 7) is 22.4. The van der Waals surface area contributed by atoms with Crippen LogP contribution in [0.1, 0.15) is 275 Å². The average molecular weight is 1490 g/mol. The predicted molar refractivity (Wildman–Crippen MR) is 375 cm³/mol. The molecular formula is C71H141Br2Fe4NO2P2+2. The zero-order valence-electron chi connectivity index (χ0n) is 57.8. The maximum absolute atomic E-state index is 12.5. The van der Waals surface area contributed by atoms with Crippen LogP contribution in [-0.2, 0) is 77.4 Å². The van der Waals surface area contributed by atoms with Gasteiger partial charge in [0.05, 0.1) is 0 Å². The molecule has 0 bridgehead atoms. The molecule has 0 N–H and O–H groups in total. The Kier molecular flexibility index (Phi) is 86.3. The van der Waals surface area contributed by atoms with E-state index < -0.39 is 15.6 Å². The third kappa shape index (κ3) is 46.5. The van der Waals surface area contributed by atoms with Crippen molar-refractivity contribution in [2.45, 2.75) is 307 Å². The molecule has 1 aromatic rings. The van der Waals surface area contributed by atoms with Gasteiger partial charge in [0.2, 0.25) is 0 Å². The van der Waals surface area contributed by atoms with Crippen molar-refractivity contribution in [2.24, 2.45) is 41.4 Å². The molecule has 8 aliphatic rings. The van der Waals surface area contributed by atoms with E-state index in [1.165, 1.54) is 199 Å². The third-order valence-electron chi connectivity index (χ3n) is 17.3. The standard InChI is InChI=1S/C14H20OP.C12H24OP.C9H18BrN.C8H15Br.4C5H10.8CH3.4Fe/c1-11(2)13-9-6-10-14(13)16(15)12-7-4-3-5-8-12;1-9(2)10-7-6-8-11(10)14(13)12(3,4)5;1-7(11(2)3)8-5-4-6-9(8)10;1-6(2)7-4-3-5-8(7)9;4*1-2-4-5-3-1;;;;;;;;;;;;/h3-5,7-8,11,13-14H,6,9-10H2,1-2H3;9-11H,6-8H2,1-5H3;7-9H,4-6H2,1-3H3;6-8H,3-5H2,1-2H3;4*1-5H2;8*1H3;;;;/q2*+1;;;;;;;8*-1;4*+2/t;;7-,8?,9?;;;;;;;;;;;;;;;;;/m..1................./s1.